The van der Waals surface area contributed by atoms with Crippen LogP contribution in [-0.2, 0) is 0 Å². The molecule has 2 aromatic heterocycles. The third-order valence-corrected chi connectivity index (χ3v) is 5.69. The zero-order chi connectivity index (χ0) is 20.4. The van der Waals surface area contributed by atoms with E-state index in [2.05, 4.69) is 15.3 Å². The maximum Gasteiger partial charge on any atom is 0.257 e. The average molecular weight is 409 g/mol. The van der Waals surface area contributed by atoms with Crippen LogP contribution in [-0.4, -0.2) is 33.9 Å². The van der Waals surface area contributed by atoms with Crippen molar-refractivity contribution in [1.29, 1.82) is 0 Å². The van der Waals surface area contributed by atoms with E-state index in [0.29, 0.717) is 21.9 Å². The van der Waals surface area contributed by atoms with Gasteiger partial charge in [-0.25, -0.2) is 9.97 Å². The van der Waals surface area contributed by atoms with Gasteiger partial charge in [0.1, 0.15) is 0 Å². The van der Waals surface area contributed by atoms with Gasteiger partial charge in [0, 0.05) is 30.4 Å². The fourth-order valence-corrected chi connectivity index (χ4v) is 4.05. The van der Waals surface area contributed by atoms with E-state index in [4.69, 9.17) is 11.6 Å². The molecule has 1 N–H and O–H groups in total. The molecule has 0 saturated carbocycles. The Hall–Kier alpha value is -2.66. The van der Waals surface area contributed by atoms with Crippen molar-refractivity contribution < 1.29 is 4.79 Å². The summed E-state index contributed by atoms with van der Waals surface area (Å²) in [5, 5.41) is 4.83. The summed E-state index contributed by atoms with van der Waals surface area (Å²) in [5.41, 5.74) is 4.61. The Kier molecular flexibility index (Phi) is 5.67. The minimum Gasteiger partial charge on any atom is -0.353 e. The van der Waals surface area contributed by atoms with Crippen LogP contribution in [0.1, 0.15) is 47.3 Å². The Balaban J connectivity index is 1.81. The minimum atomic E-state index is 0.00705. The van der Waals surface area contributed by atoms with E-state index < -0.39 is 0 Å². The summed E-state index contributed by atoms with van der Waals surface area (Å²) in [7, 11) is 0. The Labute approximate surface area is 176 Å². The molecule has 6 heteroatoms. The molecule has 0 bridgehead atoms. The Bertz CT molecular complexity index is 1060. The average Bonchev–Trinajstić information content (AvgIpc) is 2.99. The number of nitrogens with zero attached hydrogens (tertiary/aromatic N) is 3. The highest BCUT2D eigenvalue weighted by molar-refractivity contribution is 6.33. The summed E-state index contributed by atoms with van der Waals surface area (Å²) in [6.07, 6.45) is 6.08. The van der Waals surface area contributed by atoms with Crippen molar-refractivity contribution in [3.63, 3.8) is 0 Å². The Morgan fingerprint density at radius 2 is 1.83 bits per heavy atom. The summed E-state index contributed by atoms with van der Waals surface area (Å²) >= 11 is 6.47. The molecular formula is C23H25ClN4O. The van der Waals surface area contributed by atoms with E-state index in [0.717, 1.165) is 48.3 Å². The number of halogens is 1. The summed E-state index contributed by atoms with van der Waals surface area (Å²) < 4.78 is 0. The molecule has 1 amide bonds. The van der Waals surface area contributed by atoms with E-state index >= 15 is 0 Å². The summed E-state index contributed by atoms with van der Waals surface area (Å²) in [6.45, 7) is 5.50. The van der Waals surface area contributed by atoms with Crippen LogP contribution in [0.3, 0.4) is 0 Å². The lowest BCUT2D eigenvalue weighted by molar-refractivity contribution is 0.0762. The molecular weight excluding hydrogens is 384 g/mol. The maximum absolute atomic E-state index is 13.4. The highest BCUT2D eigenvalue weighted by Gasteiger charge is 2.23. The number of nitrogens with one attached hydrogen (secondary N) is 1. The largest absolute Gasteiger partial charge is 0.353 e. The van der Waals surface area contributed by atoms with Gasteiger partial charge in [0.05, 0.1) is 22.0 Å². The van der Waals surface area contributed by atoms with Crippen molar-refractivity contribution in [2.24, 2.45) is 0 Å². The Morgan fingerprint density at radius 3 is 2.55 bits per heavy atom. The molecule has 1 saturated heterocycles. The van der Waals surface area contributed by atoms with E-state index in [-0.39, 0.29) is 5.91 Å². The molecule has 29 heavy (non-hydrogen) atoms. The standard InChI is InChI=1S/C23H25ClN4O/c1-15-7-10-20(19(24)13-15)27-21-17-9-8-16(2)26-22(17)25-14-18(21)23(29)28-11-5-3-4-6-12-28/h7-10,13-14H,3-6,11-12H2,1-2H3,(H,25,26,27). The van der Waals surface area contributed by atoms with Crippen LogP contribution in [0, 0.1) is 13.8 Å². The topological polar surface area (TPSA) is 58.1 Å². The van der Waals surface area contributed by atoms with Gasteiger partial charge in [0.15, 0.2) is 5.65 Å². The van der Waals surface area contributed by atoms with Gasteiger partial charge in [-0.1, -0.05) is 30.5 Å². The SMILES string of the molecule is Cc1ccc(Nc2c(C(=O)N3CCCCCC3)cnc3nc(C)ccc23)c(Cl)c1. The number of likely N-dealkylation sites (tertiary alicyclic amines) is 1. The zero-order valence-corrected chi connectivity index (χ0v) is 17.6. The number of amides is 1. The number of anilines is 2. The summed E-state index contributed by atoms with van der Waals surface area (Å²) in [6, 6.07) is 9.74. The van der Waals surface area contributed by atoms with Crippen molar-refractivity contribution >= 4 is 39.9 Å². The molecule has 0 unspecified atom stereocenters. The van der Waals surface area contributed by atoms with Crippen LogP contribution in [0.15, 0.2) is 36.5 Å². The second-order valence-corrected chi connectivity index (χ2v) is 8.09. The lowest BCUT2D eigenvalue weighted by Gasteiger charge is -2.23. The monoisotopic (exact) mass is 408 g/mol. The number of benzene rings is 1. The number of fused-ring (bicyclic) bond motifs is 1. The van der Waals surface area contributed by atoms with Crippen LogP contribution in [0.5, 0.6) is 0 Å². The van der Waals surface area contributed by atoms with Gasteiger partial charge < -0.3 is 10.2 Å². The number of carbonyl (C=O) groups excluding carboxylic acids is 1. The van der Waals surface area contributed by atoms with Crippen molar-refractivity contribution in [1.82, 2.24) is 14.9 Å². The predicted octanol–water partition coefficient (Wildman–Crippen LogP) is 5.66. The molecule has 150 valence electrons. The second-order valence-electron chi connectivity index (χ2n) is 7.69. The van der Waals surface area contributed by atoms with Crippen molar-refractivity contribution in [3.05, 3.63) is 58.4 Å². The first kappa shape index (κ1) is 19.6. The van der Waals surface area contributed by atoms with Crippen LogP contribution >= 0.6 is 11.6 Å². The fourth-order valence-electron chi connectivity index (χ4n) is 3.77. The van der Waals surface area contributed by atoms with Crippen LogP contribution in [0.25, 0.3) is 11.0 Å². The van der Waals surface area contributed by atoms with E-state index in [9.17, 15) is 4.79 Å². The molecule has 3 heterocycles. The number of rotatable bonds is 3. The molecule has 5 nitrogen and oxygen atoms in total. The number of aromatic nitrogens is 2. The highest BCUT2D eigenvalue weighted by atomic mass is 35.5. The normalized spacial score (nSPS) is 14.7. The first-order valence-electron chi connectivity index (χ1n) is 10.1. The van der Waals surface area contributed by atoms with Gasteiger partial charge in [-0.2, -0.15) is 0 Å². The van der Waals surface area contributed by atoms with Crippen molar-refractivity contribution in [3.8, 4) is 0 Å². The minimum absolute atomic E-state index is 0.00705. The van der Waals surface area contributed by atoms with E-state index in [1.807, 2.05) is 49.1 Å². The highest BCUT2D eigenvalue weighted by Crippen LogP contribution is 2.33. The third-order valence-electron chi connectivity index (χ3n) is 5.38. The first-order chi connectivity index (χ1) is 14.0. The molecule has 0 radical (unpaired) electrons. The van der Waals surface area contributed by atoms with Crippen LogP contribution in [0.4, 0.5) is 11.4 Å². The number of hydrogen-bond acceptors (Lipinski definition) is 4. The summed E-state index contributed by atoms with van der Waals surface area (Å²) in [4.78, 5) is 24.4. The molecule has 3 aromatic rings. The van der Waals surface area contributed by atoms with Gasteiger partial charge in [-0.3, -0.25) is 4.79 Å². The van der Waals surface area contributed by atoms with Crippen LogP contribution < -0.4 is 5.32 Å². The lowest BCUT2D eigenvalue weighted by atomic mass is 10.1. The summed E-state index contributed by atoms with van der Waals surface area (Å²) in [5.74, 6) is 0.00705. The number of carbonyl (C=O) groups is 1. The molecule has 1 aliphatic heterocycles. The smallest absolute Gasteiger partial charge is 0.257 e. The molecule has 0 spiro atoms. The first-order valence-corrected chi connectivity index (χ1v) is 10.5. The fraction of sp³-hybridized carbons (Fsp3) is 0.348. The second kappa shape index (κ2) is 8.37. The lowest BCUT2D eigenvalue weighted by Crippen LogP contribution is -2.32. The maximum atomic E-state index is 13.4. The number of pyridine rings is 2. The quantitative estimate of drug-likeness (QED) is 0.607. The number of hydrogen-bond donors (Lipinski definition) is 1. The molecule has 1 aromatic carbocycles. The molecule has 1 fully saturated rings. The van der Waals surface area contributed by atoms with E-state index in [1.165, 1.54) is 12.8 Å². The Morgan fingerprint density at radius 1 is 1.07 bits per heavy atom. The molecule has 0 aliphatic carbocycles. The van der Waals surface area contributed by atoms with Crippen molar-refractivity contribution in [2.75, 3.05) is 18.4 Å². The molecule has 4 rings (SSSR count). The van der Waals surface area contributed by atoms with Gasteiger partial charge in [-0.05, 0) is 56.5 Å². The third kappa shape index (κ3) is 4.20. The van der Waals surface area contributed by atoms with Gasteiger partial charge in [0.25, 0.3) is 5.91 Å². The van der Waals surface area contributed by atoms with Gasteiger partial charge >= 0.3 is 0 Å². The number of aryl methyl sites for hydroxylation is 2. The van der Waals surface area contributed by atoms with E-state index in [1.54, 1.807) is 6.20 Å². The zero-order valence-electron chi connectivity index (χ0n) is 16.8. The van der Waals surface area contributed by atoms with Gasteiger partial charge in [-0.15, -0.1) is 0 Å². The van der Waals surface area contributed by atoms with Gasteiger partial charge in [0.2, 0.25) is 0 Å². The molecule has 0 atom stereocenters. The van der Waals surface area contributed by atoms with Crippen molar-refractivity contribution in [2.45, 2.75) is 39.5 Å². The predicted molar refractivity (Wildman–Crippen MR) is 118 cm³/mol. The van der Waals surface area contributed by atoms with Crippen LogP contribution in [0.2, 0.25) is 5.02 Å². The molecule has 1 aliphatic rings.